The summed E-state index contributed by atoms with van der Waals surface area (Å²) in [6.07, 6.45) is 2.92. The molecule has 0 saturated carbocycles. The van der Waals surface area contributed by atoms with Crippen molar-refractivity contribution in [3.8, 4) is 0 Å². The van der Waals surface area contributed by atoms with Gasteiger partial charge < -0.3 is 5.11 Å². The molecule has 6 heteroatoms. The lowest BCUT2D eigenvalue weighted by atomic mass is 10.2. The molecule has 0 saturated heterocycles. The number of rotatable bonds is 6. The lowest BCUT2D eigenvalue weighted by molar-refractivity contribution is -0.132. The van der Waals surface area contributed by atoms with Crippen LogP contribution in [0.5, 0.6) is 0 Å². The van der Waals surface area contributed by atoms with Crippen molar-refractivity contribution in [3.05, 3.63) is 11.6 Å². The first-order chi connectivity index (χ1) is 6.33. The maximum absolute atomic E-state index is 10.3. The van der Waals surface area contributed by atoms with E-state index in [0.717, 1.165) is 0 Å². The Morgan fingerprint density at radius 1 is 1.36 bits per heavy atom. The van der Waals surface area contributed by atoms with Gasteiger partial charge in [0.05, 0.1) is 5.75 Å². The van der Waals surface area contributed by atoms with Gasteiger partial charge in [0.15, 0.2) is 0 Å². The van der Waals surface area contributed by atoms with Gasteiger partial charge in [0.25, 0.3) is 10.1 Å². The van der Waals surface area contributed by atoms with Gasteiger partial charge in [-0.2, -0.15) is 8.42 Å². The Balaban J connectivity index is 3.67. The molecule has 5 nitrogen and oxygen atoms in total. The zero-order valence-electron chi connectivity index (χ0n) is 7.93. The first-order valence-electron chi connectivity index (χ1n) is 4.18. The van der Waals surface area contributed by atoms with Crippen LogP contribution in [0.15, 0.2) is 11.6 Å². The van der Waals surface area contributed by atoms with Crippen LogP contribution in [0.25, 0.3) is 0 Å². The SMILES string of the molecule is CC(=CCCCCS(=O)(=O)O)C(=O)O. The summed E-state index contributed by atoms with van der Waals surface area (Å²) in [5.74, 6) is -1.24. The second kappa shape index (κ2) is 5.77. The highest BCUT2D eigenvalue weighted by molar-refractivity contribution is 7.85. The van der Waals surface area contributed by atoms with Gasteiger partial charge in [0, 0.05) is 5.57 Å². The molecule has 0 radical (unpaired) electrons. The highest BCUT2D eigenvalue weighted by Gasteiger charge is 2.03. The van der Waals surface area contributed by atoms with Gasteiger partial charge in [0.1, 0.15) is 0 Å². The minimum atomic E-state index is -3.88. The Kier molecular flexibility index (Phi) is 5.40. The number of carbonyl (C=O) groups is 1. The van der Waals surface area contributed by atoms with E-state index in [0.29, 0.717) is 19.3 Å². The summed E-state index contributed by atoms with van der Waals surface area (Å²) < 4.78 is 28.9. The van der Waals surface area contributed by atoms with Crippen molar-refractivity contribution in [1.29, 1.82) is 0 Å². The van der Waals surface area contributed by atoms with E-state index in [1.165, 1.54) is 13.0 Å². The number of carboxylic acids is 1. The zero-order chi connectivity index (χ0) is 11.2. The van der Waals surface area contributed by atoms with E-state index in [1.54, 1.807) is 0 Å². The number of aliphatic carboxylic acids is 1. The van der Waals surface area contributed by atoms with Crippen LogP contribution in [0, 0.1) is 0 Å². The maximum atomic E-state index is 10.3. The number of unbranched alkanes of at least 4 members (excludes halogenated alkanes) is 2. The maximum Gasteiger partial charge on any atom is 0.330 e. The molecule has 0 aromatic rings. The molecule has 0 aromatic heterocycles. The zero-order valence-corrected chi connectivity index (χ0v) is 8.75. The smallest absolute Gasteiger partial charge is 0.330 e. The fourth-order valence-corrected chi connectivity index (χ4v) is 1.40. The number of carboxylic acid groups (broad SMARTS) is 1. The van der Waals surface area contributed by atoms with Crippen molar-refractivity contribution in [2.75, 3.05) is 5.75 Å². The summed E-state index contributed by atoms with van der Waals surface area (Å²) in [6.45, 7) is 1.48. The second-order valence-electron chi connectivity index (χ2n) is 2.97. The first-order valence-corrected chi connectivity index (χ1v) is 5.79. The highest BCUT2D eigenvalue weighted by Crippen LogP contribution is 2.02. The average molecular weight is 222 g/mol. The van der Waals surface area contributed by atoms with E-state index < -0.39 is 16.1 Å². The molecule has 0 aliphatic heterocycles. The van der Waals surface area contributed by atoms with Crippen LogP contribution in [0.2, 0.25) is 0 Å². The van der Waals surface area contributed by atoms with Gasteiger partial charge in [-0.15, -0.1) is 0 Å². The topological polar surface area (TPSA) is 91.7 Å². The molecule has 82 valence electrons. The third-order valence-electron chi connectivity index (χ3n) is 1.64. The number of allylic oxidation sites excluding steroid dienone is 1. The molecule has 0 bridgehead atoms. The molecule has 0 aliphatic rings. The Morgan fingerprint density at radius 3 is 2.36 bits per heavy atom. The first kappa shape index (κ1) is 13.1. The van der Waals surface area contributed by atoms with E-state index >= 15 is 0 Å². The minimum absolute atomic E-state index is 0.247. The van der Waals surface area contributed by atoms with Crippen molar-refractivity contribution in [2.45, 2.75) is 26.2 Å². The summed E-state index contributed by atoms with van der Waals surface area (Å²) in [5, 5.41) is 8.46. The van der Waals surface area contributed by atoms with Gasteiger partial charge >= 0.3 is 5.97 Å². The fraction of sp³-hybridized carbons (Fsp3) is 0.625. The summed E-state index contributed by atoms with van der Waals surface area (Å²) >= 11 is 0. The highest BCUT2D eigenvalue weighted by atomic mass is 32.2. The van der Waals surface area contributed by atoms with Gasteiger partial charge in [-0.05, 0) is 26.2 Å². The predicted octanol–water partition coefficient (Wildman–Crippen LogP) is 1.08. The summed E-state index contributed by atoms with van der Waals surface area (Å²) in [4.78, 5) is 10.3. The van der Waals surface area contributed by atoms with Crippen LogP contribution in [0.3, 0.4) is 0 Å². The third kappa shape index (κ3) is 7.75. The predicted molar refractivity (Wildman–Crippen MR) is 51.7 cm³/mol. The monoisotopic (exact) mass is 222 g/mol. The van der Waals surface area contributed by atoms with E-state index in [9.17, 15) is 13.2 Å². The van der Waals surface area contributed by atoms with Crippen molar-refractivity contribution in [3.63, 3.8) is 0 Å². The summed E-state index contributed by atoms with van der Waals surface area (Å²) in [5.41, 5.74) is 0.247. The summed E-state index contributed by atoms with van der Waals surface area (Å²) in [6, 6.07) is 0. The van der Waals surface area contributed by atoms with E-state index in [-0.39, 0.29) is 11.3 Å². The molecule has 0 atom stereocenters. The molecule has 0 heterocycles. The molecule has 0 aromatic carbocycles. The van der Waals surface area contributed by atoms with Gasteiger partial charge in [-0.1, -0.05) is 6.08 Å². The van der Waals surface area contributed by atoms with Crippen LogP contribution in [-0.2, 0) is 14.9 Å². The number of hydrogen-bond donors (Lipinski definition) is 2. The molecule has 0 amide bonds. The van der Waals surface area contributed by atoms with Crippen molar-refractivity contribution < 1.29 is 22.9 Å². The van der Waals surface area contributed by atoms with Crippen LogP contribution in [-0.4, -0.2) is 29.8 Å². The molecule has 0 rings (SSSR count). The fourth-order valence-electron chi connectivity index (χ4n) is 0.835. The van der Waals surface area contributed by atoms with Crippen LogP contribution >= 0.6 is 0 Å². The third-order valence-corrected chi connectivity index (χ3v) is 2.45. The molecule has 0 fully saturated rings. The standard InChI is InChI=1S/C8H14O5S/c1-7(8(9)10)5-3-2-4-6-14(11,12)13/h5H,2-4,6H2,1H3,(H,9,10)(H,11,12,13). The molecule has 0 spiro atoms. The van der Waals surface area contributed by atoms with Crippen LogP contribution in [0.1, 0.15) is 26.2 Å². The Morgan fingerprint density at radius 2 is 1.93 bits per heavy atom. The lowest BCUT2D eigenvalue weighted by Gasteiger charge is -1.96. The van der Waals surface area contributed by atoms with Crippen molar-refractivity contribution in [2.24, 2.45) is 0 Å². The Hall–Kier alpha value is -0.880. The molecule has 0 aliphatic carbocycles. The molecular weight excluding hydrogens is 208 g/mol. The van der Waals surface area contributed by atoms with E-state index in [1.807, 2.05) is 0 Å². The minimum Gasteiger partial charge on any atom is -0.478 e. The van der Waals surface area contributed by atoms with Crippen LogP contribution < -0.4 is 0 Å². The van der Waals surface area contributed by atoms with Crippen molar-refractivity contribution in [1.82, 2.24) is 0 Å². The van der Waals surface area contributed by atoms with Crippen molar-refractivity contribution >= 4 is 16.1 Å². The molecule has 2 N–H and O–H groups in total. The van der Waals surface area contributed by atoms with Gasteiger partial charge in [0.2, 0.25) is 0 Å². The quantitative estimate of drug-likeness (QED) is 0.398. The van der Waals surface area contributed by atoms with Crippen LogP contribution in [0.4, 0.5) is 0 Å². The average Bonchev–Trinajstić information content (AvgIpc) is 2.01. The van der Waals surface area contributed by atoms with Gasteiger partial charge in [-0.3, -0.25) is 4.55 Å². The molecule has 0 unspecified atom stereocenters. The lowest BCUT2D eigenvalue weighted by Crippen LogP contribution is -2.03. The molecular formula is C8H14O5S. The normalized spacial score (nSPS) is 12.9. The molecule has 14 heavy (non-hydrogen) atoms. The largest absolute Gasteiger partial charge is 0.478 e. The van der Waals surface area contributed by atoms with E-state index in [4.69, 9.17) is 9.66 Å². The van der Waals surface area contributed by atoms with Gasteiger partial charge in [-0.25, -0.2) is 4.79 Å². The summed E-state index contributed by atoms with van der Waals surface area (Å²) in [7, 11) is -3.88. The second-order valence-corrected chi connectivity index (χ2v) is 4.55. The Labute approximate surface area is 83.2 Å². The Bertz CT molecular complexity index is 315. The number of hydrogen-bond acceptors (Lipinski definition) is 3. The van der Waals surface area contributed by atoms with E-state index in [2.05, 4.69) is 0 Å².